The third-order valence-corrected chi connectivity index (χ3v) is 8.08. The summed E-state index contributed by atoms with van der Waals surface area (Å²) in [5, 5.41) is 10.6. The summed E-state index contributed by atoms with van der Waals surface area (Å²) in [6, 6.07) is 4.02. The zero-order valence-electron chi connectivity index (χ0n) is 21.9. The van der Waals surface area contributed by atoms with Crippen LogP contribution in [0.1, 0.15) is 84.3 Å². The Kier molecular flexibility index (Phi) is 7.19. The van der Waals surface area contributed by atoms with Crippen LogP contribution >= 0.6 is 0 Å². The van der Waals surface area contributed by atoms with E-state index >= 15 is 0 Å². The molecule has 2 aliphatic carbocycles. The van der Waals surface area contributed by atoms with E-state index in [1.54, 1.807) is 28.1 Å². The van der Waals surface area contributed by atoms with E-state index in [9.17, 15) is 9.90 Å². The minimum absolute atomic E-state index is 0.00984. The maximum atomic E-state index is 13.8. The molecule has 0 saturated heterocycles. The molecule has 2 atom stereocenters. The van der Waals surface area contributed by atoms with Gasteiger partial charge in [0.2, 0.25) is 0 Å². The predicted molar refractivity (Wildman–Crippen MR) is 134 cm³/mol. The van der Waals surface area contributed by atoms with Crippen molar-refractivity contribution in [2.45, 2.75) is 92.1 Å². The Bertz CT molecular complexity index is 978. The van der Waals surface area contributed by atoms with Crippen molar-refractivity contribution >= 4 is 5.78 Å². The Hall–Kier alpha value is -2.07. The number of aliphatic hydroxyl groups is 1. The van der Waals surface area contributed by atoms with Gasteiger partial charge in [0.15, 0.2) is 5.78 Å². The molecule has 33 heavy (non-hydrogen) atoms. The van der Waals surface area contributed by atoms with E-state index in [0.29, 0.717) is 6.42 Å². The van der Waals surface area contributed by atoms with Crippen molar-refractivity contribution in [1.29, 1.82) is 0 Å². The lowest BCUT2D eigenvalue weighted by Crippen LogP contribution is -2.45. The zero-order chi connectivity index (χ0) is 24.6. The van der Waals surface area contributed by atoms with Crippen molar-refractivity contribution in [2.24, 2.45) is 10.8 Å². The van der Waals surface area contributed by atoms with E-state index in [2.05, 4.69) is 26.8 Å². The number of carbonyl (C=O) groups is 1. The van der Waals surface area contributed by atoms with Crippen molar-refractivity contribution in [3.63, 3.8) is 0 Å². The topological polar surface area (TPSA) is 55.8 Å². The van der Waals surface area contributed by atoms with Gasteiger partial charge in [-0.1, -0.05) is 37.5 Å². The van der Waals surface area contributed by atoms with Gasteiger partial charge in [-0.3, -0.25) is 4.79 Å². The van der Waals surface area contributed by atoms with Crippen LogP contribution in [0, 0.1) is 17.8 Å². The number of aryl methyl sites for hydroxylation is 1. The molecule has 0 amide bonds. The first-order valence-electron chi connectivity index (χ1n) is 12.2. The molecule has 2 aliphatic rings. The van der Waals surface area contributed by atoms with Gasteiger partial charge in [-0.2, -0.15) is 0 Å². The van der Waals surface area contributed by atoms with Gasteiger partial charge in [-0.15, -0.1) is 0 Å². The van der Waals surface area contributed by atoms with Crippen LogP contribution in [-0.4, -0.2) is 30.7 Å². The quantitative estimate of drug-likeness (QED) is 0.454. The second kappa shape index (κ2) is 9.29. The Labute approximate surface area is 200 Å². The minimum atomic E-state index is -0.901. The van der Waals surface area contributed by atoms with Crippen LogP contribution in [0.25, 0.3) is 0 Å². The number of carbonyl (C=O) groups excluding carboxylic acids is 1. The lowest BCUT2D eigenvalue weighted by atomic mass is 9.56. The first-order chi connectivity index (χ1) is 15.3. The van der Waals surface area contributed by atoms with E-state index in [4.69, 9.17) is 9.47 Å². The SMILES string of the molecule is COc1cc(C)c(OC)c(C/C=C(\C)CC2=C(CC(C)(C)O)C(=O)[C@]3(C)CCC[C@]3(C)C2)c1. The summed E-state index contributed by atoms with van der Waals surface area (Å²) in [6.45, 7) is 12.2. The molecule has 0 aromatic heterocycles. The summed E-state index contributed by atoms with van der Waals surface area (Å²) in [7, 11) is 3.38. The molecular weight excluding hydrogens is 412 g/mol. The van der Waals surface area contributed by atoms with Gasteiger partial charge in [-0.05, 0) is 88.5 Å². The molecule has 0 spiro atoms. The Morgan fingerprint density at radius 3 is 2.48 bits per heavy atom. The molecule has 0 aliphatic heterocycles. The average molecular weight is 455 g/mol. The van der Waals surface area contributed by atoms with Gasteiger partial charge in [0.1, 0.15) is 11.5 Å². The highest BCUT2D eigenvalue weighted by molar-refractivity contribution is 6.02. The van der Waals surface area contributed by atoms with Gasteiger partial charge < -0.3 is 14.6 Å². The maximum absolute atomic E-state index is 13.8. The highest BCUT2D eigenvalue weighted by atomic mass is 16.5. The van der Waals surface area contributed by atoms with Crippen molar-refractivity contribution in [3.05, 3.63) is 46.1 Å². The Morgan fingerprint density at radius 2 is 1.88 bits per heavy atom. The zero-order valence-corrected chi connectivity index (χ0v) is 21.9. The van der Waals surface area contributed by atoms with Crippen LogP contribution in [0.5, 0.6) is 11.5 Å². The number of allylic oxidation sites excluding steroid dienone is 3. The molecular formula is C29H42O4. The fraction of sp³-hybridized carbons (Fsp3) is 0.621. The number of fused-ring (bicyclic) bond motifs is 1. The van der Waals surface area contributed by atoms with E-state index in [1.165, 1.54) is 11.1 Å². The molecule has 0 unspecified atom stereocenters. The summed E-state index contributed by atoms with van der Waals surface area (Å²) in [5.41, 5.74) is 4.27. The van der Waals surface area contributed by atoms with Crippen LogP contribution in [0.3, 0.4) is 0 Å². The molecule has 182 valence electrons. The molecule has 3 rings (SSSR count). The van der Waals surface area contributed by atoms with E-state index in [-0.39, 0.29) is 16.6 Å². The summed E-state index contributed by atoms with van der Waals surface area (Å²) in [5.74, 6) is 1.99. The summed E-state index contributed by atoms with van der Waals surface area (Å²) in [6.07, 6.45) is 8.26. The Balaban J connectivity index is 1.92. The van der Waals surface area contributed by atoms with Crippen molar-refractivity contribution in [2.75, 3.05) is 14.2 Å². The van der Waals surface area contributed by atoms with Crippen LogP contribution in [-0.2, 0) is 11.2 Å². The van der Waals surface area contributed by atoms with Gasteiger partial charge in [0, 0.05) is 17.4 Å². The minimum Gasteiger partial charge on any atom is -0.497 e. The van der Waals surface area contributed by atoms with E-state index in [0.717, 1.165) is 66.7 Å². The molecule has 1 aromatic carbocycles. The summed E-state index contributed by atoms with van der Waals surface area (Å²) >= 11 is 0. The third kappa shape index (κ3) is 5.06. The molecule has 4 nitrogen and oxygen atoms in total. The first-order valence-corrected chi connectivity index (χ1v) is 12.2. The predicted octanol–water partition coefficient (Wildman–Crippen LogP) is 6.52. The van der Waals surface area contributed by atoms with Crippen molar-refractivity contribution in [3.8, 4) is 11.5 Å². The second-order valence-corrected chi connectivity index (χ2v) is 11.4. The molecule has 1 fully saturated rings. The average Bonchev–Trinajstić information content (AvgIpc) is 3.03. The van der Waals surface area contributed by atoms with Crippen LogP contribution in [0.4, 0.5) is 0 Å². The number of hydrogen-bond acceptors (Lipinski definition) is 4. The molecule has 0 heterocycles. The first kappa shape index (κ1) is 25.6. The maximum Gasteiger partial charge on any atom is 0.165 e. The van der Waals surface area contributed by atoms with E-state index < -0.39 is 5.60 Å². The second-order valence-electron chi connectivity index (χ2n) is 11.4. The normalized spacial score (nSPS) is 26.0. The third-order valence-electron chi connectivity index (χ3n) is 8.08. The van der Waals surface area contributed by atoms with E-state index in [1.807, 2.05) is 19.1 Å². The fourth-order valence-electron chi connectivity index (χ4n) is 6.02. The van der Waals surface area contributed by atoms with Crippen LogP contribution in [0.2, 0.25) is 0 Å². The highest BCUT2D eigenvalue weighted by Gasteiger charge is 2.56. The lowest BCUT2D eigenvalue weighted by Gasteiger charge is -2.46. The molecule has 1 saturated carbocycles. The smallest absolute Gasteiger partial charge is 0.165 e. The van der Waals surface area contributed by atoms with Crippen LogP contribution in [0.15, 0.2) is 34.9 Å². The highest BCUT2D eigenvalue weighted by Crippen LogP contribution is 2.61. The number of rotatable bonds is 8. The van der Waals surface area contributed by atoms with Crippen molar-refractivity contribution in [1.82, 2.24) is 0 Å². The van der Waals surface area contributed by atoms with Gasteiger partial charge in [0.25, 0.3) is 0 Å². The van der Waals surface area contributed by atoms with Gasteiger partial charge in [0.05, 0.1) is 19.8 Å². The number of benzene rings is 1. The van der Waals surface area contributed by atoms with Gasteiger partial charge >= 0.3 is 0 Å². The largest absolute Gasteiger partial charge is 0.497 e. The monoisotopic (exact) mass is 454 g/mol. The number of methoxy groups -OCH3 is 2. The summed E-state index contributed by atoms with van der Waals surface area (Å²) in [4.78, 5) is 13.8. The number of ether oxygens (including phenoxy) is 2. The summed E-state index contributed by atoms with van der Waals surface area (Å²) < 4.78 is 11.1. The standard InChI is InChI=1S/C29H42O4/c1-19(10-11-21-16-23(32-7)15-20(2)25(21)33-8)14-22-17-28(5)12-9-13-29(28,6)26(30)24(22)18-27(3,4)31/h10,15-16,31H,9,11-14,17-18H2,1-8H3/b19-10+/t28-,29+/m1/s1. The molecule has 1 aromatic rings. The number of ketones is 1. The van der Waals surface area contributed by atoms with Crippen LogP contribution < -0.4 is 9.47 Å². The molecule has 1 N–H and O–H groups in total. The van der Waals surface area contributed by atoms with Gasteiger partial charge in [-0.25, -0.2) is 0 Å². The molecule has 4 heteroatoms. The van der Waals surface area contributed by atoms with Crippen molar-refractivity contribution < 1.29 is 19.4 Å². The number of Topliss-reactive ketones (excluding diaryl/α,β-unsaturated/α-hetero) is 1. The lowest BCUT2D eigenvalue weighted by molar-refractivity contribution is -0.131. The molecule has 0 bridgehead atoms. The molecule has 0 radical (unpaired) electrons. The Morgan fingerprint density at radius 1 is 1.18 bits per heavy atom. The fourth-order valence-corrected chi connectivity index (χ4v) is 6.02. The number of hydrogen-bond donors (Lipinski definition) is 1.